The molecule has 0 aromatic carbocycles. The van der Waals surface area contributed by atoms with E-state index in [0.717, 1.165) is 25.7 Å². The lowest BCUT2D eigenvalue weighted by Gasteiger charge is -2.09. The van der Waals surface area contributed by atoms with Crippen LogP contribution < -0.4 is 5.56 Å². The fourth-order valence-corrected chi connectivity index (χ4v) is 2.48. The maximum Gasteiger partial charge on any atom is 0.258 e. The van der Waals surface area contributed by atoms with E-state index in [1.54, 1.807) is 0 Å². The van der Waals surface area contributed by atoms with Gasteiger partial charge in [0.15, 0.2) is 11.6 Å². The van der Waals surface area contributed by atoms with Crippen LogP contribution in [0.25, 0.3) is 11.6 Å². The average molecular weight is 247 g/mol. The van der Waals surface area contributed by atoms with E-state index in [-0.39, 0.29) is 23.2 Å². The third-order valence-corrected chi connectivity index (χ3v) is 3.34. The smallest absolute Gasteiger partial charge is 0.258 e. The maximum absolute atomic E-state index is 12.0. The van der Waals surface area contributed by atoms with Gasteiger partial charge >= 0.3 is 0 Å². The first-order chi connectivity index (χ1) is 8.75. The van der Waals surface area contributed by atoms with Gasteiger partial charge < -0.3 is 10.1 Å². The Kier molecular flexibility index (Phi) is 2.58. The Balaban J connectivity index is 2.06. The minimum Gasteiger partial charge on any atom is -0.493 e. The number of H-pyrrole nitrogens is 2. The van der Waals surface area contributed by atoms with Gasteiger partial charge in [0.05, 0.1) is 5.56 Å². The van der Waals surface area contributed by atoms with E-state index >= 15 is 0 Å². The molecule has 0 amide bonds. The molecule has 3 N–H and O–H groups in total. The first-order valence-electron chi connectivity index (χ1n) is 5.94. The zero-order valence-electron chi connectivity index (χ0n) is 9.68. The Bertz CT molecular complexity index is 598. The molecule has 1 aliphatic rings. The third kappa shape index (κ3) is 1.77. The molecule has 0 unspecified atom stereocenters. The van der Waals surface area contributed by atoms with Gasteiger partial charge in [-0.3, -0.25) is 9.89 Å². The van der Waals surface area contributed by atoms with Crippen LogP contribution in [0.3, 0.4) is 0 Å². The van der Waals surface area contributed by atoms with Crippen LogP contribution in [-0.4, -0.2) is 30.3 Å². The minimum absolute atomic E-state index is 0.116. The van der Waals surface area contributed by atoms with Crippen molar-refractivity contribution in [2.75, 3.05) is 0 Å². The van der Waals surface area contributed by atoms with Crippen LogP contribution in [0.15, 0.2) is 11.1 Å². The first-order valence-corrected chi connectivity index (χ1v) is 5.94. The Morgan fingerprint density at radius 3 is 2.67 bits per heavy atom. The number of aromatic hydroxyl groups is 1. The lowest BCUT2D eigenvalue weighted by atomic mass is 10.00. The monoisotopic (exact) mass is 247 g/mol. The normalized spacial score (nSPS) is 16.2. The molecule has 0 saturated heterocycles. The van der Waals surface area contributed by atoms with Gasteiger partial charge in [0, 0.05) is 0 Å². The Labute approximate surface area is 102 Å². The van der Waals surface area contributed by atoms with Crippen molar-refractivity contribution in [2.24, 2.45) is 0 Å². The summed E-state index contributed by atoms with van der Waals surface area (Å²) in [5.74, 6) is 0.458. The van der Waals surface area contributed by atoms with E-state index < -0.39 is 0 Å². The lowest BCUT2D eigenvalue weighted by Crippen LogP contribution is -2.17. The number of rotatable bonds is 2. The van der Waals surface area contributed by atoms with Crippen molar-refractivity contribution in [3.05, 3.63) is 22.2 Å². The molecule has 0 atom stereocenters. The van der Waals surface area contributed by atoms with Gasteiger partial charge in [-0.2, -0.15) is 10.1 Å². The Morgan fingerprint density at radius 2 is 2.06 bits per heavy atom. The number of aromatic amines is 2. The molecule has 0 bridgehead atoms. The quantitative estimate of drug-likeness (QED) is 0.731. The summed E-state index contributed by atoms with van der Waals surface area (Å²) < 4.78 is 0. The van der Waals surface area contributed by atoms with E-state index in [9.17, 15) is 9.90 Å². The second-order valence-electron chi connectivity index (χ2n) is 4.47. The van der Waals surface area contributed by atoms with Gasteiger partial charge in [-0.1, -0.05) is 12.8 Å². The summed E-state index contributed by atoms with van der Waals surface area (Å²) in [4.78, 5) is 22.5. The molecular weight excluding hydrogens is 234 g/mol. The molecule has 1 aliphatic carbocycles. The van der Waals surface area contributed by atoms with Crippen LogP contribution in [0.1, 0.15) is 37.2 Å². The van der Waals surface area contributed by atoms with Gasteiger partial charge in [-0.05, 0) is 18.8 Å². The highest BCUT2D eigenvalue weighted by molar-refractivity contribution is 5.44. The fraction of sp³-hybridized carbons (Fsp3) is 0.455. The molecule has 0 spiro atoms. The van der Waals surface area contributed by atoms with E-state index in [1.807, 2.05) is 0 Å². The van der Waals surface area contributed by atoms with Gasteiger partial charge in [-0.15, -0.1) is 0 Å². The maximum atomic E-state index is 12.0. The van der Waals surface area contributed by atoms with E-state index in [2.05, 4.69) is 25.1 Å². The number of nitrogens with one attached hydrogen (secondary N) is 2. The summed E-state index contributed by atoms with van der Waals surface area (Å²) in [6.07, 6.45) is 5.36. The zero-order valence-corrected chi connectivity index (χ0v) is 9.68. The minimum atomic E-state index is -0.291. The zero-order chi connectivity index (χ0) is 12.5. The number of hydrogen-bond acceptors (Lipinski definition) is 5. The summed E-state index contributed by atoms with van der Waals surface area (Å²) in [6, 6.07) is 0. The summed E-state index contributed by atoms with van der Waals surface area (Å²) in [5, 5.41) is 16.2. The standard InChI is InChI=1S/C11H13N5O2/c17-10-7(6-3-1-2-4-6)11(18)15-9(14-10)8-12-5-13-16-8/h5-6H,1-4H2,(H,12,13,16)(H2,14,15,17,18). The molecule has 7 nitrogen and oxygen atoms in total. The molecule has 18 heavy (non-hydrogen) atoms. The van der Waals surface area contributed by atoms with Crippen molar-refractivity contribution in [3.63, 3.8) is 0 Å². The second-order valence-corrected chi connectivity index (χ2v) is 4.47. The predicted molar refractivity (Wildman–Crippen MR) is 63.1 cm³/mol. The van der Waals surface area contributed by atoms with Gasteiger partial charge in [0.25, 0.3) is 5.56 Å². The van der Waals surface area contributed by atoms with Crippen LogP contribution in [0.4, 0.5) is 0 Å². The third-order valence-electron chi connectivity index (χ3n) is 3.34. The van der Waals surface area contributed by atoms with Crippen molar-refractivity contribution < 1.29 is 5.11 Å². The molecule has 1 saturated carbocycles. The van der Waals surface area contributed by atoms with E-state index in [0.29, 0.717) is 11.4 Å². The first kappa shape index (κ1) is 10.9. The molecule has 2 aromatic heterocycles. The van der Waals surface area contributed by atoms with E-state index in [1.165, 1.54) is 6.33 Å². The van der Waals surface area contributed by atoms with Crippen molar-refractivity contribution in [3.8, 4) is 17.5 Å². The van der Waals surface area contributed by atoms with Crippen molar-refractivity contribution in [1.29, 1.82) is 0 Å². The summed E-state index contributed by atoms with van der Waals surface area (Å²) in [6.45, 7) is 0. The van der Waals surface area contributed by atoms with Crippen LogP contribution >= 0.6 is 0 Å². The largest absolute Gasteiger partial charge is 0.493 e. The van der Waals surface area contributed by atoms with Crippen molar-refractivity contribution >= 4 is 0 Å². The number of aromatic nitrogens is 5. The predicted octanol–water partition coefficient (Wildman–Crippen LogP) is 0.918. The molecule has 94 valence electrons. The molecule has 0 aliphatic heterocycles. The topological polar surface area (TPSA) is 108 Å². The second kappa shape index (κ2) is 4.25. The average Bonchev–Trinajstić information content (AvgIpc) is 3.01. The molecule has 7 heteroatoms. The van der Waals surface area contributed by atoms with Gasteiger partial charge in [0.1, 0.15) is 6.33 Å². The SMILES string of the molecule is O=c1[nH]c(-c2ncn[nH]2)nc(O)c1C1CCCC1. The number of nitrogens with zero attached hydrogens (tertiary/aromatic N) is 3. The van der Waals surface area contributed by atoms with Gasteiger partial charge in [-0.25, -0.2) is 4.98 Å². The van der Waals surface area contributed by atoms with E-state index in [4.69, 9.17) is 0 Å². The molecular formula is C11H13N5O2. The molecule has 2 aromatic rings. The summed E-state index contributed by atoms with van der Waals surface area (Å²) >= 11 is 0. The van der Waals surface area contributed by atoms with Crippen molar-refractivity contribution in [2.45, 2.75) is 31.6 Å². The lowest BCUT2D eigenvalue weighted by molar-refractivity contribution is 0.436. The summed E-state index contributed by atoms with van der Waals surface area (Å²) in [7, 11) is 0. The van der Waals surface area contributed by atoms with Crippen LogP contribution in [0.2, 0.25) is 0 Å². The molecule has 0 radical (unpaired) electrons. The molecule has 3 rings (SSSR count). The van der Waals surface area contributed by atoms with Crippen LogP contribution in [0.5, 0.6) is 5.88 Å². The Morgan fingerprint density at radius 1 is 1.28 bits per heavy atom. The molecule has 2 heterocycles. The summed E-state index contributed by atoms with van der Waals surface area (Å²) in [5.41, 5.74) is 0.108. The number of hydrogen-bond donors (Lipinski definition) is 3. The highest BCUT2D eigenvalue weighted by Crippen LogP contribution is 2.35. The van der Waals surface area contributed by atoms with Gasteiger partial charge in [0.2, 0.25) is 5.88 Å². The highest BCUT2D eigenvalue weighted by atomic mass is 16.3. The fourth-order valence-electron chi connectivity index (χ4n) is 2.48. The van der Waals surface area contributed by atoms with Crippen molar-refractivity contribution in [1.82, 2.24) is 25.1 Å². The molecule has 1 fully saturated rings. The highest BCUT2D eigenvalue weighted by Gasteiger charge is 2.25. The van der Waals surface area contributed by atoms with Crippen LogP contribution in [-0.2, 0) is 0 Å². The van der Waals surface area contributed by atoms with Crippen LogP contribution in [0, 0.1) is 0 Å². The Hall–Kier alpha value is -2.18.